The van der Waals surface area contributed by atoms with Crippen molar-refractivity contribution in [1.29, 1.82) is 0 Å². The van der Waals surface area contributed by atoms with Gasteiger partial charge in [0, 0.05) is 22.5 Å². The summed E-state index contributed by atoms with van der Waals surface area (Å²) >= 11 is 7.66. The van der Waals surface area contributed by atoms with Crippen molar-refractivity contribution in [3.63, 3.8) is 0 Å². The number of thioether (sulfide) groups is 1. The molecule has 2 aromatic carbocycles. The van der Waals surface area contributed by atoms with Crippen LogP contribution in [0.5, 0.6) is 0 Å². The van der Waals surface area contributed by atoms with E-state index in [9.17, 15) is 9.90 Å². The van der Waals surface area contributed by atoms with Gasteiger partial charge in [-0.05, 0) is 41.7 Å². The molecule has 0 fully saturated rings. The van der Waals surface area contributed by atoms with Gasteiger partial charge in [-0.25, -0.2) is 0 Å². The third kappa shape index (κ3) is 5.43. The number of amides is 1. The number of carbonyl (C=O) groups is 1. The molecule has 0 aliphatic heterocycles. The van der Waals surface area contributed by atoms with Crippen LogP contribution in [0, 0.1) is 0 Å². The molecule has 2 N–H and O–H groups in total. The lowest BCUT2D eigenvalue weighted by atomic mass is 10.1. The summed E-state index contributed by atoms with van der Waals surface area (Å²) in [5, 5.41) is 13.4. The van der Waals surface area contributed by atoms with Crippen molar-refractivity contribution in [3.8, 4) is 0 Å². The van der Waals surface area contributed by atoms with E-state index >= 15 is 0 Å². The minimum atomic E-state index is -0.733. The van der Waals surface area contributed by atoms with E-state index in [4.69, 9.17) is 11.6 Å². The van der Waals surface area contributed by atoms with Crippen LogP contribution in [-0.2, 0) is 4.79 Å². The fourth-order valence-electron chi connectivity index (χ4n) is 1.98. The summed E-state index contributed by atoms with van der Waals surface area (Å²) in [5.74, 6) is -0.273. The summed E-state index contributed by atoms with van der Waals surface area (Å²) in [7, 11) is 0. The highest BCUT2D eigenvalue weighted by atomic mass is 35.5. The van der Waals surface area contributed by atoms with Crippen molar-refractivity contribution < 1.29 is 9.90 Å². The van der Waals surface area contributed by atoms with Gasteiger partial charge in [0.2, 0.25) is 5.91 Å². The second kappa shape index (κ2) is 8.77. The normalized spacial score (nSPS) is 12.3. The van der Waals surface area contributed by atoms with Gasteiger partial charge in [-0.15, -0.1) is 11.8 Å². The molecule has 0 spiro atoms. The lowest BCUT2D eigenvalue weighted by Crippen LogP contribution is -2.26. The van der Waals surface area contributed by atoms with Crippen LogP contribution in [0.3, 0.4) is 0 Å². The first-order chi connectivity index (χ1) is 11.1. The zero-order valence-electron chi connectivity index (χ0n) is 12.7. The van der Waals surface area contributed by atoms with Crippen molar-refractivity contribution in [2.75, 3.05) is 12.8 Å². The quantitative estimate of drug-likeness (QED) is 0.615. The van der Waals surface area contributed by atoms with Crippen LogP contribution < -0.4 is 5.32 Å². The summed E-state index contributed by atoms with van der Waals surface area (Å²) in [6.45, 7) is 0.157. The van der Waals surface area contributed by atoms with Gasteiger partial charge in [0.05, 0.1) is 6.10 Å². The van der Waals surface area contributed by atoms with E-state index in [2.05, 4.69) is 5.32 Å². The van der Waals surface area contributed by atoms with Gasteiger partial charge in [0.25, 0.3) is 0 Å². The van der Waals surface area contributed by atoms with Crippen molar-refractivity contribution >= 4 is 35.3 Å². The highest BCUT2D eigenvalue weighted by Gasteiger charge is 2.08. The molecular formula is C18H18ClNO2S. The Morgan fingerprint density at radius 1 is 1.26 bits per heavy atom. The Morgan fingerprint density at radius 2 is 1.96 bits per heavy atom. The predicted molar refractivity (Wildman–Crippen MR) is 96.7 cm³/mol. The van der Waals surface area contributed by atoms with Crippen LogP contribution >= 0.6 is 23.4 Å². The highest BCUT2D eigenvalue weighted by molar-refractivity contribution is 7.98. The number of carbonyl (C=O) groups excluding carboxylic acids is 1. The maximum absolute atomic E-state index is 11.8. The molecule has 2 rings (SSSR count). The number of aliphatic hydroxyl groups excluding tert-OH is 1. The van der Waals surface area contributed by atoms with Crippen LogP contribution in [0.15, 0.2) is 59.5 Å². The van der Waals surface area contributed by atoms with Crippen molar-refractivity contribution in [3.05, 3.63) is 70.8 Å². The number of benzene rings is 2. The molecule has 5 heteroatoms. The summed E-state index contributed by atoms with van der Waals surface area (Å²) in [4.78, 5) is 12.9. The number of nitrogens with one attached hydrogen (secondary N) is 1. The zero-order chi connectivity index (χ0) is 16.7. The maximum Gasteiger partial charge on any atom is 0.244 e. The fraction of sp³-hybridized carbons (Fsp3) is 0.167. The van der Waals surface area contributed by atoms with E-state index in [1.54, 1.807) is 23.9 Å². The van der Waals surface area contributed by atoms with Crippen LogP contribution in [0.25, 0.3) is 6.08 Å². The van der Waals surface area contributed by atoms with Crippen molar-refractivity contribution in [1.82, 2.24) is 5.32 Å². The molecule has 0 aliphatic carbocycles. The number of hydrogen-bond acceptors (Lipinski definition) is 3. The molecule has 1 amide bonds. The van der Waals surface area contributed by atoms with Gasteiger partial charge in [-0.1, -0.05) is 41.9 Å². The van der Waals surface area contributed by atoms with Crippen molar-refractivity contribution in [2.45, 2.75) is 11.0 Å². The average molecular weight is 348 g/mol. The number of halogens is 1. The average Bonchev–Trinajstić information content (AvgIpc) is 2.59. The Kier molecular flexibility index (Phi) is 6.71. The molecule has 0 aliphatic rings. The topological polar surface area (TPSA) is 49.3 Å². The van der Waals surface area contributed by atoms with Crippen LogP contribution in [-0.4, -0.2) is 23.8 Å². The SMILES string of the molecule is CSc1ccc([C@@H](O)CNC(=O)/C=C/c2ccccc2Cl)cc1. The van der Waals surface area contributed by atoms with E-state index in [0.717, 1.165) is 16.0 Å². The molecule has 0 bridgehead atoms. The van der Waals surface area contributed by atoms with Gasteiger partial charge < -0.3 is 10.4 Å². The second-order valence-corrected chi connectivity index (χ2v) is 6.18. The molecule has 3 nitrogen and oxygen atoms in total. The molecule has 0 saturated heterocycles. The largest absolute Gasteiger partial charge is 0.387 e. The number of hydrogen-bond donors (Lipinski definition) is 2. The first-order valence-electron chi connectivity index (χ1n) is 7.12. The molecule has 0 radical (unpaired) electrons. The molecule has 120 valence electrons. The Labute approximate surface area is 145 Å². The Morgan fingerprint density at radius 3 is 2.61 bits per heavy atom. The molecule has 23 heavy (non-hydrogen) atoms. The van der Waals surface area contributed by atoms with Crippen molar-refractivity contribution in [2.24, 2.45) is 0 Å². The standard InChI is InChI=1S/C18H18ClNO2S/c1-23-15-9-6-14(7-10-15)17(21)12-20-18(22)11-8-13-4-2-3-5-16(13)19/h2-11,17,21H,12H2,1H3,(H,20,22)/b11-8+/t17-/m0/s1. The van der Waals surface area contributed by atoms with Gasteiger partial charge in [0.15, 0.2) is 0 Å². The lowest BCUT2D eigenvalue weighted by Gasteiger charge is -2.11. The smallest absolute Gasteiger partial charge is 0.244 e. The molecular weight excluding hydrogens is 330 g/mol. The van der Waals surface area contributed by atoms with E-state index < -0.39 is 6.10 Å². The third-order valence-electron chi connectivity index (χ3n) is 3.29. The number of rotatable bonds is 6. The second-order valence-electron chi connectivity index (χ2n) is 4.89. The Hall–Kier alpha value is -1.75. The minimum absolute atomic E-state index is 0.157. The van der Waals surface area contributed by atoms with E-state index in [-0.39, 0.29) is 12.5 Å². The predicted octanol–water partition coefficient (Wildman–Crippen LogP) is 3.92. The number of aliphatic hydroxyl groups is 1. The van der Waals surface area contributed by atoms with Gasteiger partial charge in [-0.2, -0.15) is 0 Å². The zero-order valence-corrected chi connectivity index (χ0v) is 14.3. The van der Waals surface area contributed by atoms with Gasteiger partial charge in [0.1, 0.15) is 0 Å². The highest BCUT2D eigenvalue weighted by Crippen LogP contribution is 2.19. The van der Waals surface area contributed by atoms with Crippen LogP contribution in [0.4, 0.5) is 0 Å². The minimum Gasteiger partial charge on any atom is -0.387 e. The van der Waals surface area contributed by atoms with Gasteiger partial charge in [-0.3, -0.25) is 4.79 Å². The molecule has 0 heterocycles. The Balaban J connectivity index is 1.87. The summed E-state index contributed by atoms with van der Waals surface area (Å²) in [5.41, 5.74) is 1.55. The summed E-state index contributed by atoms with van der Waals surface area (Å²) in [6.07, 6.45) is 4.32. The summed E-state index contributed by atoms with van der Waals surface area (Å²) in [6, 6.07) is 14.9. The monoisotopic (exact) mass is 347 g/mol. The van der Waals surface area contributed by atoms with E-state index in [0.29, 0.717) is 5.02 Å². The lowest BCUT2D eigenvalue weighted by molar-refractivity contribution is -0.116. The molecule has 0 aromatic heterocycles. The molecule has 0 saturated carbocycles. The van der Waals surface area contributed by atoms with Gasteiger partial charge >= 0.3 is 0 Å². The first kappa shape index (κ1) is 17.6. The molecule has 0 unspecified atom stereocenters. The third-order valence-corrected chi connectivity index (χ3v) is 4.38. The van der Waals surface area contributed by atoms with Crippen LogP contribution in [0.1, 0.15) is 17.2 Å². The Bertz CT molecular complexity index is 686. The summed E-state index contributed by atoms with van der Waals surface area (Å²) < 4.78 is 0. The van der Waals surface area contributed by atoms with E-state index in [1.165, 1.54) is 6.08 Å². The maximum atomic E-state index is 11.8. The van der Waals surface area contributed by atoms with E-state index in [1.807, 2.05) is 48.7 Å². The first-order valence-corrected chi connectivity index (χ1v) is 8.73. The van der Waals surface area contributed by atoms with Crippen LogP contribution in [0.2, 0.25) is 5.02 Å². The molecule has 1 atom stereocenters. The molecule has 2 aromatic rings. The fourth-order valence-corrected chi connectivity index (χ4v) is 2.58.